The van der Waals surface area contributed by atoms with E-state index in [1.165, 1.54) is 12.1 Å². The van der Waals surface area contributed by atoms with Crippen LogP contribution in [0.4, 0.5) is 4.39 Å². The number of methoxy groups -OCH3 is 1. The van der Waals surface area contributed by atoms with E-state index in [2.05, 4.69) is 15.9 Å². The molecular weight excluding hydrogens is 301 g/mol. The van der Waals surface area contributed by atoms with Crippen molar-refractivity contribution in [1.82, 2.24) is 0 Å². The maximum Gasteiger partial charge on any atom is 0.124 e. The van der Waals surface area contributed by atoms with Gasteiger partial charge in [0.05, 0.1) is 13.2 Å². The summed E-state index contributed by atoms with van der Waals surface area (Å²) in [5, 5.41) is 0. The van der Waals surface area contributed by atoms with Crippen molar-refractivity contribution in [3.63, 3.8) is 0 Å². The lowest BCUT2D eigenvalue weighted by Gasteiger charge is -2.13. The van der Waals surface area contributed by atoms with E-state index < -0.39 is 0 Å². The van der Waals surface area contributed by atoms with Crippen molar-refractivity contribution in [2.75, 3.05) is 26.9 Å². The lowest BCUT2D eigenvalue weighted by molar-refractivity contribution is 0.0672. The second kappa shape index (κ2) is 8.58. The van der Waals surface area contributed by atoms with Gasteiger partial charge in [0.1, 0.15) is 5.82 Å². The highest BCUT2D eigenvalue weighted by atomic mass is 79.9. The third kappa shape index (κ3) is 5.91. The Morgan fingerprint density at radius 2 is 2.11 bits per heavy atom. The maximum absolute atomic E-state index is 12.9. The van der Waals surface area contributed by atoms with Crippen LogP contribution >= 0.6 is 15.9 Å². The molecule has 0 radical (unpaired) electrons. The molecular formula is C13H19BrFNO2. The predicted molar refractivity (Wildman–Crippen MR) is 73.1 cm³/mol. The molecule has 0 saturated heterocycles. The largest absolute Gasteiger partial charge is 0.382 e. The molecule has 0 amide bonds. The van der Waals surface area contributed by atoms with Crippen LogP contribution in [0.3, 0.4) is 0 Å². The smallest absolute Gasteiger partial charge is 0.124 e. The normalized spacial score (nSPS) is 12.7. The third-order valence-electron chi connectivity index (χ3n) is 2.56. The lowest BCUT2D eigenvalue weighted by Crippen LogP contribution is -2.25. The minimum atomic E-state index is -0.248. The van der Waals surface area contributed by atoms with Crippen molar-refractivity contribution >= 4 is 15.9 Å². The Hall–Kier alpha value is -0.490. The Morgan fingerprint density at radius 3 is 2.78 bits per heavy atom. The molecule has 0 heterocycles. The number of hydrogen-bond acceptors (Lipinski definition) is 3. The summed E-state index contributed by atoms with van der Waals surface area (Å²) in [7, 11) is 1.64. The molecule has 0 aliphatic carbocycles. The molecule has 0 spiro atoms. The first-order chi connectivity index (χ1) is 8.63. The Morgan fingerprint density at radius 1 is 1.33 bits per heavy atom. The molecule has 0 fully saturated rings. The van der Waals surface area contributed by atoms with E-state index in [0.717, 1.165) is 16.5 Å². The quantitative estimate of drug-likeness (QED) is 0.749. The van der Waals surface area contributed by atoms with E-state index in [0.29, 0.717) is 26.2 Å². The number of nitrogens with two attached hydrogens (primary N) is 1. The molecule has 0 aliphatic heterocycles. The molecule has 1 aromatic rings. The summed E-state index contributed by atoms with van der Waals surface area (Å²) in [6, 6.07) is 4.67. The summed E-state index contributed by atoms with van der Waals surface area (Å²) in [5.41, 5.74) is 7.02. The van der Waals surface area contributed by atoms with E-state index >= 15 is 0 Å². The monoisotopic (exact) mass is 319 g/mol. The zero-order valence-electron chi connectivity index (χ0n) is 10.5. The van der Waals surface area contributed by atoms with Crippen molar-refractivity contribution in [1.29, 1.82) is 0 Å². The Kier molecular flexibility index (Phi) is 7.42. The Balaban J connectivity index is 2.28. The molecule has 18 heavy (non-hydrogen) atoms. The van der Waals surface area contributed by atoms with Crippen LogP contribution in [0.1, 0.15) is 12.0 Å². The molecule has 0 saturated carbocycles. The Bertz CT molecular complexity index is 363. The number of ether oxygens (including phenoxy) is 2. The third-order valence-corrected chi connectivity index (χ3v) is 3.30. The van der Waals surface area contributed by atoms with Gasteiger partial charge in [0.15, 0.2) is 0 Å². The summed E-state index contributed by atoms with van der Waals surface area (Å²) in [6.45, 7) is 1.80. The van der Waals surface area contributed by atoms with Gasteiger partial charge >= 0.3 is 0 Å². The average molecular weight is 320 g/mol. The number of halogens is 2. The second-order valence-electron chi connectivity index (χ2n) is 4.09. The summed E-state index contributed by atoms with van der Waals surface area (Å²) in [4.78, 5) is 0. The first kappa shape index (κ1) is 15.6. The van der Waals surface area contributed by atoms with Crippen LogP contribution < -0.4 is 5.73 Å². The average Bonchev–Trinajstić information content (AvgIpc) is 2.32. The molecule has 0 aliphatic rings. The van der Waals surface area contributed by atoms with Gasteiger partial charge in [-0.2, -0.15) is 0 Å². The highest BCUT2D eigenvalue weighted by molar-refractivity contribution is 9.10. The van der Waals surface area contributed by atoms with Gasteiger partial charge in [-0.3, -0.25) is 0 Å². The van der Waals surface area contributed by atoms with Gasteiger partial charge in [-0.15, -0.1) is 0 Å². The topological polar surface area (TPSA) is 44.5 Å². The van der Waals surface area contributed by atoms with Gasteiger partial charge in [0.25, 0.3) is 0 Å². The highest BCUT2D eigenvalue weighted by Crippen LogP contribution is 2.19. The van der Waals surface area contributed by atoms with Gasteiger partial charge < -0.3 is 15.2 Å². The maximum atomic E-state index is 12.9. The van der Waals surface area contributed by atoms with Crippen LogP contribution in [-0.2, 0) is 15.9 Å². The van der Waals surface area contributed by atoms with Crippen LogP contribution in [0, 0.1) is 5.82 Å². The van der Waals surface area contributed by atoms with Crippen LogP contribution in [0.2, 0.25) is 0 Å². The zero-order chi connectivity index (χ0) is 13.4. The summed E-state index contributed by atoms with van der Waals surface area (Å²) in [5.74, 6) is -0.248. The fourth-order valence-electron chi connectivity index (χ4n) is 1.55. The van der Waals surface area contributed by atoms with Crippen molar-refractivity contribution in [3.8, 4) is 0 Å². The van der Waals surface area contributed by atoms with Crippen molar-refractivity contribution in [3.05, 3.63) is 34.1 Å². The molecule has 1 rings (SSSR count). The van der Waals surface area contributed by atoms with Crippen LogP contribution in [-0.4, -0.2) is 33.0 Å². The van der Waals surface area contributed by atoms with E-state index in [1.807, 2.05) is 0 Å². The van der Waals surface area contributed by atoms with E-state index in [9.17, 15) is 4.39 Å². The molecule has 1 unspecified atom stereocenters. The van der Waals surface area contributed by atoms with Gasteiger partial charge in [-0.25, -0.2) is 4.39 Å². The molecule has 1 aromatic carbocycles. The van der Waals surface area contributed by atoms with E-state index in [1.54, 1.807) is 13.2 Å². The van der Waals surface area contributed by atoms with Crippen molar-refractivity contribution in [2.45, 2.75) is 18.9 Å². The molecule has 3 nitrogen and oxygen atoms in total. The first-order valence-electron chi connectivity index (χ1n) is 5.89. The molecule has 0 bridgehead atoms. The lowest BCUT2D eigenvalue weighted by atomic mass is 10.0. The summed E-state index contributed by atoms with van der Waals surface area (Å²) in [6.07, 6.45) is 1.47. The SMILES string of the molecule is COCCOCCC(N)Cc1ccc(F)cc1Br. The molecule has 0 aromatic heterocycles. The molecule has 102 valence electrons. The number of rotatable bonds is 8. The van der Waals surface area contributed by atoms with Gasteiger partial charge in [0.2, 0.25) is 0 Å². The van der Waals surface area contributed by atoms with Crippen LogP contribution in [0.25, 0.3) is 0 Å². The highest BCUT2D eigenvalue weighted by Gasteiger charge is 2.08. The van der Waals surface area contributed by atoms with Gasteiger partial charge in [0, 0.05) is 24.2 Å². The van der Waals surface area contributed by atoms with Gasteiger partial charge in [-0.1, -0.05) is 22.0 Å². The number of hydrogen-bond donors (Lipinski definition) is 1. The molecule has 5 heteroatoms. The molecule has 2 N–H and O–H groups in total. The van der Waals surface area contributed by atoms with Crippen LogP contribution in [0.5, 0.6) is 0 Å². The van der Waals surface area contributed by atoms with E-state index in [-0.39, 0.29) is 11.9 Å². The minimum absolute atomic E-state index is 0.00862. The summed E-state index contributed by atoms with van der Waals surface area (Å²) < 4.78 is 23.9. The van der Waals surface area contributed by atoms with Crippen LogP contribution in [0.15, 0.2) is 22.7 Å². The van der Waals surface area contributed by atoms with Gasteiger partial charge in [-0.05, 0) is 30.5 Å². The Labute approximate surface area is 116 Å². The fourth-order valence-corrected chi connectivity index (χ4v) is 2.06. The predicted octanol–water partition coefficient (Wildman–Crippen LogP) is 2.51. The minimum Gasteiger partial charge on any atom is -0.382 e. The standard InChI is InChI=1S/C13H19BrFNO2/c1-17-6-7-18-5-4-12(16)8-10-2-3-11(15)9-13(10)14/h2-3,9,12H,4-8,16H2,1H3. The zero-order valence-corrected chi connectivity index (χ0v) is 12.1. The number of benzene rings is 1. The fraction of sp³-hybridized carbons (Fsp3) is 0.538. The summed E-state index contributed by atoms with van der Waals surface area (Å²) >= 11 is 3.33. The first-order valence-corrected chi connectivity index (χ1v) is 6.69. The van der Waals surface area contributed by atoms with Crippen molar-refractivity contribution < 1.29 is 13.9 Å². The van der Waals surface area contributed by atoms with E-state index in [4.69, 9.17) is 15.2 Å². The second-order valence-corrected chi connectivity index (χ2v) is 4.95. The van der Waals surface area contributed by atoms with Crippen molar-refractivity contribution in [2.24, 2.45) is 5.73 Å². The molecule has 1 atom stereocenters.